The summed E-state index contributed by atoms with van der Waals surface area (Å²) in [5.41, 5.74) is 2.20. The van der Waals surface area contributed by atoms with Crippen molar-refractivity contribution in [1.29, 1.82) is 0 Å². The minimum absolute atomic E-state index is 0.186. The van der Waals surface area contributed by atoms with Crippen molar-refractivity contribution in [2.75, 3.05) is 17.5 Å². The highest BCUT2D eigenvalue weighted by molar-refractivity contribution is 7.92. The summed E-state index contributed by atoms with van der Waals surface area (Å²) >= 11 is 0. The molecule has 1 aromatic heterocycles. The van der Waals surface area contributed by atoms with Crippen molar-refractivity contribution in [3.8, 4) is 5.75 Å². The summed E-state index contributed by atoms with van der Waals surface area (Å²) in [5.74, 6) is 0.655. The van der Waals surface area contributed by atoms with E-state index < -0.39 is 10.0 Å². The molecule has 194 valence electrons. The van der Waals surface area contributed by atoms with Gasteiger partial charge in [0.2, 0.25) is 15.9 Å². The van der Waals surface area contributed by atoms with Crippen molar-refractivity contribution >= 4 is 27.6 Å². The van der Waals surface area contributed by atoms with Gasteiger partial charge in [-0.15, -0.1) is 0 Å². The zero-order valence-corrected chi connectivity index (χ0v) is 22.0. The molecule has 0 saturated heterocycles. The quantitative estimate of drug-likeness (QED) is 0.179. The maximum atomic E-state index is 13.7. The number of carbonyl (C=O) groups is 1. The first kappa shape index (κ1) is 27.3. The second-order valence-corrected chi connectivity index (χ2v) is 10.6. The average molecular weight is 514 g/mol. The first-order valence-electron chi connectivity index (χ1n) is 12.3. The van der Waals surface area contributed by atoms with Crippen LogP contribution in [0.2, 0.25) is 0 Å². The summed E-state index contributed by atoms with van der Waals surface area (Å²) in [5, 5.41) is 0. The fraction of sp³-hybridized carbons (Fsp3) is 0.393. The molecular weight excluding hydrogens is 478 g/mol. The van der Waals surface area contributed by atoms with Crippen molar-refractivity contribution in [1.82, 2.24) is 0 Å². The summed E-state index contributed by atoms with van der Waals surface area (Å²) in [6, 6.07) is 17.9. The van der Waals surface area contributed by atoms with E-state index in [1.807, 2.05) is 18.2 Å². The van der Waals surface area contributed by atoms with Gasteiger partial charge in [-0.3, -0.25) is 4.79 Å². The molecule has 0 radical (unpaired) electrons. The molecule has 36 heavy (non-hydrogen) atoms. The monoisotopic (exact) mass is 513 g/mol. The Morgan fingerprint density at radius 3 is 2.39 bits per heavy atom. The Hall–Kier alpha value is -3.26. The molecule has 0 bridgehead atoms. The third-order valence-electron chi connectivity index (χ3n) is 5.68. The van der Waals surface area contributed by atoms with Crippen molar-refractivity contribution in [2.45, 2.75) is 58.1 Å². The van der Waals surface area contributed by atoms with Crippen LogP contribution in [0.3, 0.4) is 0 Å². The van der Waals surface area contributed by atoms with Gasteiger partial charge >= 0.3 is 5.97 Å². The molecular formula is C28H35NO6S. The second kappa shape index (κ2) is 13.2. The number of unbranched alkanes of at least 4 members (excludes halogenated alkanes) is 2. The fourth-order valence-electron chi connectivity index (χ4n) is 3.79. The predicted octanol–water partition coefficient (Wildman–Crippen LogP) is 6.57. The lowest BCUT2D eigenvalue weighted by Gasteiger charge is -2.23. The summed E-state index contributed by atoms with van der Waals surface area (Å²) in [7, 11) is -3.85. The number of furan rings is 1. The van der Waals surface area contributed by atoms with Crippen molar-refractivity contribution in [2.24, 2.45) is 0 Å². The molecule has 0 atom stereocenters. The lowest BCUT2D eigenvalue weighted by atomic mass is 10.0. The molecule has 0 fully saturated rings. The van der Waals surface area contributed by atoms with E-state index in [0.717, 1.165) is 24.8 Å². The number of carbonyl (C=O) groups excluding carboxylic acids is 1. The van der Waals surface area contributed by atoms with Crippen LogP contribution >= 0.6 is 0 Å². The minimum Gasteiger partial charge on any atom is -0.493 e. The van der Waals surface area contributed by atoms with Gasteiger partial charge in [-0.2, -0.15) is 0 Å². The van der Waals surface area contributed by atoms with Gasteiger partial charge < -0.3 is 13.9 Å². The van der Waals surface area contributed by atoms with Crippen LogP contribution < -0.4 is 9.04 Å². The molecule has 0 N–H and O–H groups in total. The molecule has 0 spiro atoms. The van der Waals surface area contributed by atoms with E-state index in [1.165, 1.54) is 10.6 Å². The Morgan fingerprint density at radius 2 is 1.72 bits per heavy atom. The number of anilines is 2. The molecule has 8 heteroatoms. The van der Waals surface area contributed by atoms with E-state index in [4.69, 9.17) is 13.9 Å². The molecule has 0 aliphatic heterocycles. The first-order valence-corrected chi connectivity index (χ1v) is 14.0. The Labute approximate surface area is 214 Å². The van der Waals surface area contributed by atoms with E-state index in [9.17, 15) is 13.2 Å². The molecule has 0 saturated carbocycles. The lowest BCUT2D eigenvalue weighted by molar-refractivity contribution is -0.143. The van der Waals surface area contributed by atoms with Crippen LogP contribution in [0, 0.1) is 0 Å². The van der Waals surface area contributed by atoms with Gasteiger partial charge in [-0.05, 0) is 61.9 Å². The standard InChI is InChI=1S/C28H35NO6S/c1-4-33-28(30)14-6-5-9-19-34-26-12-8-7-11-24(26)21-36(31,32)29(27-13-10-20-35-27)25-17-15-23(16-18-25)22(2)3/h7-8,10-13,15-18,20,22H,4-6,9,14,19,21H2,1-3H3. The van der Waals surface area contributed by atoms with Gasteiger partial charge in [-0.25, -0.2) is 12.7 Å². The van der Waals surface area contributed by atoms with Crippen LogP contribution in [-0.2, 0) is 25.3 Å². The van der Waals surface area contributed by atoms with E-state index in [0.29, 0.717) is 42.6 Å². The third-order valence-corrected chi connectivity index (χ3v) is 7.30. The number of ether oxygens (including phenoxy) is 2. The van der Waals surface area contributed by atoms with Crippen molar-refractivity contribution in [3.05, 3.63) is 78.1 Å². The average Bonchev–Trinajstić information content (AvgIpc) is 3.36. The molecule has 3 aromatic rings. The molecule has 3 rings (SSSR count). The number of para-hydroxylation sites is 1. The van der Waals surface area contributed by atoms with Gasteiger partial charge in [0.15, 0.2) is 0 Å². The van der Waals surface area contributed by atoms with Crippen LogP contribution in [0.1, 0.15) is 63.5 Å². The SMILES string of the molecule is CCOC(=O)CCCCCOc1ccccc1CS(=O)(=O)N(c1ccc(C(C)C)cc1)c1ccco1. The van der Waals surface area contributed by atoms with Gasteiger partial charge in [-0.1, -0.05) is 44.2 Å². The van der Waals surface area contributed by atoms with Gasteiger partial charge in [0.25, 0.3) is 0 Å². The highest BCUT2D eigenvalue weighted by Crippen LogP contribution is 2.33. The fourth-order valence-corrected chi connectivity index (χ4v) is 5.37. The number of sulfonamides is 1. The molecule has 0 aliphatic rings. The molecule has 7 nitrogen and oxygen atoms in total. The number of hydrogen-bond donors (Lipinski definition) is 0. The second-order valence-electron chi connectivity index (χ2n) is 8.79. The molecule has 0 aliphatic carbocycles. The zero-order valence-electron chi connectivity index (χ0n) is 21.2. The van der Waals surface area contributed by atoms with Gasteiger partial charge in [0.05, 0.1) is 30.9 Å². The van der Waals surface area contributed by atoms with Crippen LogP contribution in [0.5, 0.6) is 5.75 Å². The van der Waals surface area contributed by atoms with Crippen LogP contribution in [0.4, 0.5) is 11.6 Å². The van der Waals surface area contributed by atoms with Gasteiger partial charge in [0.1, 0.15) is 5.75 Å². The Bertz CT molecular complexity index is 1190. The summed E-state index contributed by atoms with van der Waals surface area (Å²) in [6.45, 7) is 6.79. The maximum absolute atomic E-state index is 13.7. The summed E-state index contributed by atoms with van der Waals surface area (Å²) < 4.78 is 44.9. The summed E-state index contributed by atoms with van der Waals surface area (Å²) in [6.07, 6.45) is 4.15. The maximum Gasteiger partial charge on any atom is 0.305 e. The Kier molecular flexibility index (Phi) is 9.99. The largest absolute Gasteiger partial charge is 0.493 e. The summed E-state index contributed by atoms with van der Waals surface area (Å²) in [4.78, 5) is 11.4. The van der Waals surface area contributed by atoms with Crippen LogP contribution in [0.15, 0.2) is 71.3 Å². The number of benzene rings is 2. The Morgan fingerprint density at radius 1 is 0.972 bits per heavy atom. The molecule has 1 heterocycles. The first-order chi connectivity index (χ1) is 17.3. The van der Waals surface area contributed by atoms with Crippen LogP contribution in [-0.4, -0.2) is 27.6 Å². The Balaban J connectivity index is 1.70. The number of hydrogen-bond acceptors (Lipinski definition) is 6. The number of rotatable bonds is 14. The van der Waals surface area contributed by atoms with E-state index >= 15 is 0 Å². The van der Waals surface area contributed by atoms with Crippen molar-refractivity contribution < 1.29 is 27.1 Å². The molecule has 0 amide bonds. The number of esters is 1. The molecule has 0 unspecified atom stereocenters. The number of nitrogens with zero attached hydrogens (tertiary/aromatic N) is 1. The highest BCUT2D eigenvalue weighted by Gasteiger charge is 2.28. The predicted molar refractivity (Wildman–Crippen MR) is 141 cm³/mol. The molecule has 2 aromatic carbocycles. The van der Waals surface area contributed by atoms with E-state index in [-0.39, 0.29) is 17.6 Å². The van der Waals surface area contributed by atoms with E-state index in [1.54, 1.807) is 49.4 Å². The lowest BCUT2D eigenvalue weighted by Crippen LogP contribution is -2.27. The van der Waals surface area contributed by atoms with Gasteiger partial charge in [0, 0.05) is 18.1 Å². The van der Waals surface area contributed by atoms with Crippen LogP contribution in [0.25, 0.3) is 0 Å². The zero-order chi connectivity index (χ0) is 26.0. The highest BCUT2D eigenvalue weighted by atomic mass is 32.2. The minimum atomic E-state index is -3.85. The third kappa shape index (κ3) is 7.62. The van der Waals surface area contributed by atoms with E-state index in [2.05, 4.69) is 13.8 Å². The topological polar surface area (TPSA) is 86.0 Å². The van der Waals surface area contributed by atoms with Crippen molar-refractivity contribution in [3.63, 3.8) is 0 Å². The smallest absolute Gasteiger partial charge is 0.305 e. The normalized spacial score (nSPS) is 11.4.